The first-order chi connectivity index (χ1) is 12.3. The largest absolute Gasteiger partial charge is 0.383 e. The first kappa shape index (κ1) is 15.5. The van der Waals surface area contributed by atoms with Gasteiger partial charge in [-0.05, 0) is 41.3 Å². The van der Waals surface area contributed by atoms with Gasteiger partial charge >= 0.3 is 0 Å². The number of amidine groups is 1. The number of aliphatic imine (C=N–C) groups is 1. The van der Waals surface area contributed by atoms with Gasteiger partial charge in [0, 0.05) is 23.4 Å². The lowest BCUT2D eigenvalue weighted by Crippen LogP contribution is -2.17. The number of hydrogen-bond acceptors (Lipinski definition) is 2. The molecule has 25 heavy (non-hydrogen) atoms. The lowest BCUT2D eigenvalue weighted by molar-refractivity contribution is 1.13. The Balaban J connectivity index is 1.83. The second kappa shape index (κ2) is 6.44. The number of benzene rings is 3. The molecule has 0 spiro atoms. The van der Waals surface area contributed by atoms with E-state index in [0.29, 0.717) is 5.84 Å². The zero-order chi connectivity index (χ0) is 17.2. The van der Waals surface area contributed by atoms with Gasteiger partial charge in [-0.15, -0.1) is 0 Å². The summed E-state index contributed by atoms with van der Waals surface area (Å²) in [5, 5.41) is 3.49. The number of nitrogens with two attached hydrogens (primary N) is 1. The van der Waals surface area contributed by atoms with Crippen molar-refractivity contribution in [3.05, 3.63) is 83.4 Å². The summed E-state index contributed by atoms with van der Waals surface area (Å²) in [7, 11) is 0. The minimum Gasteiger partial charge on any atom is -0.383 e. The number of aryl methyl sites for hydroxylation is 1. The Kier molecular flexibility index (Phi) is 3.98. The molecule has 0 aromatic heterocycles. The van der Waals surface area contributed by atoms with Crippen LogP contribution in [0.2, 0.25) is 0 Å². The standard InChI is InChI=1S/C22H21N3/c1-2-15-7-5-9-17(13-15)25-22(23)19-11-6-12-20-21(19)18-10-4-3-8-16(18)14-24-20/h3-13,24H,2,14H2,1H3,(H2,23,25). The van der Waals surface area contributed by atoms with Crippen LogP contribution in [0.4, 0.5) is 11.4 Å². The number of fused-ring (bicyclic) bond motifs is 3. The van der Waals surface area contributed by atoms with Crippen molar-refractivity contribution < 1.29 is 0 Å². The van der Waals surface area contributed by atoms with Crippen LogP contribution in [0.1, 0.15) is 23.6 Å². The topological polar surface area (TPSA) is 50.4 Å². The van der Waals surface area contributed by atoms with E-state index < -0.39 is 0 Å². The van der Waals surface area contributed by atoms with E-state index in [2.05, 4.69) is 59.7 Å². The smallest absolute Gasteiger partial charge is 0.132 e. The van der Waals surface area contributed by atoms with Crippen LogP contribution in [0.15, 0.2) is 71.7 Å². The third-order valence-corrected chi connectivity index (χ3v) is 4.66. The van der Waals surface area contributed by atoms with E-state index in [1.165, 1.54) is 16.7 Å². The van der Waals surface area contributed by atoms with Crippen molar-refractivity contribution in [2.45, 2.75) is 19.9 Å². The fourth-order valence-corrected chi connectivity index (χ4v) is 3.36. The zero-order valence-corrected chi connectivity index (χ0v) is 14.3. The van der Waals surface area contributed by atoms with Gasteiger partial charge in [0.25, 0.3) is 0 Å². The predicted molar refractivity (Wildman–Crippen MR) is 105 cm³/mol. The summed E-state index contributed by atoms with van der Waals surface area (Å²) in [5.41, 5.74) is 14.3. The van der Waals surface area contributed by atoms with Gasteiger partial charge in [0.15, 0.2) is 0 Å². The molecule has 0 saturated carbocycles. The van der Waals surface area contributed by atoms with E-state index in [4.69, 9.17) is 5.73 Å². The quantitative estimate of drug-likeness (QED) is 0.532. The fraction of sp³-hybridized carbons (Fsp3) is 0.136. The van der Waals surface area contributed by atoms with Gasteiger partial charge < -0.3 is 11.1 Å². The van der Waals surface area contributed by atoms with Crippen LogP contribution in [0.5, 0.6) is 0 Å². The molecule has 0 unspecified atom stereocenters. The lowest BCUT2D eigenvalue weighted by Gasteiger charge is -2.24. The second-order valence-corrected chi connectivity index (χ2v) is 6.26. The van der Waals surface area contributed by atoms with E-state index in [0.717, 1.165) is 35.5 Å². The molecule has 3 heteroatoms. The van der Waals surface area contributed by atoms with Crippen LogP contribution >= 0.6 is 0 Å². The van der Waals surface area contributed by atoms with E-state index >= 15 is 0 Å². The fourth-order valence-electron chi connectivity index (χ4n) is 3.36. The highest BCUT2D eigenvalue weighted by atomic mass is 14.9. The normalized spacial score (nSPS) is 12.9. The van der Waals surface area contributed by atoms with Crippen molar-refractivity contribution in [2.24, 2.45) is 10.7 Å². The maximum absolute atomic E-state index is 6.42. The number of hydrogen-bond donors (Lipinski definition) is 2. The highest BCUT2D eigenvalue weighted by Gasteiger charge is 2.19. The average molecular weight is 327 g/mol. The molecule has 0 bridgehead atoms. The Bertz CT molecular complexity index is 957. The van der Waals surface area contributed by atoms with Crippen LogP contribution in [-0.4, -0.2) is 5.84 Å². The van der Waals surface area contributed by atoms with E-state index in [9.17, 15) is 0 Å². The van der Waals surface area contributed by atoms with Crippen molar-refractivity contribution in [1.82, 2.24) is 0 Å². The third kappa shape index (κ3) is 2.89. The van der Waals surface area contributed by atoms with Gasteiger partial charge in [0.2, 0.25) is 0 Å². The predicted octanol–water partition coefficient (Wildman–Crippen LogP) is 4.88. The van der Waals surface area contributed by atoms with E-state index in [1.54, 1.807) is 0 Å². The maximum atomic E-state index is 6.42. The minimum atomic E-state index is 0.545. The van der Waals surface area contributed by atoms with Crippen LogP contribution in [0, 0.1) is 0 Å². The highest BCUT2D eigenvalue weighted by molar-refractivity contribution is 6.08. The monoisotopic (exact) mass is 327 g/mol. The van der Waals surface area contributed by atoms with Crippen molar-refractivity contribution in [3.8, 4) is 11.1 Å². The SMILES string of the molecule is CCc1cccc(N=C(N)c2cccc3c2-c2ccccc2CN3)c1. The Morgan fingerprint density at radius 3 is 2.76 bits per heavy atom. The zero-order valence-electron chi connectivity index (χ0n) is 14.3. The van der Waals surface area contributed by atoms with Crippen molar-refractivity contribution >= 4 is 17.2 Å². The maximum Gasteiger partial charge on any atom is 0.132 e. The molecule has 3 aromatic carbocycles. The molecule has 0 atom stereocenters. The first-order valence-corrected chi connectivity index (χ1v) is 8.65. The molecule has 0 saturated heterocycles. The van der Waals surface area contributed by atoms with Crippen LogP contribution in [0.3, 0.4) is 0 Å². The molecule has 0 fully saturated rings. The molecule has 124 valence electrons. The Morgan fingerprint density at radius 1 is 1.04 bits per heavy atom. The van der Waals surface area contributed by atoms with Gasteiger partial charge in [-0.3, -0.25) is 0 Å². The molecule has 1 aliphatic rings. The van der Waals surface area contributed by atoms with E-state index in [1.807, 2.05) is 24.3 Å². The number of rotatable bonds is 3. The highest BCUT2D eigenvalue weighted by Crippen LogP contribution is 2.38. The average Bonchev–Trinajstić information content (AvgIpc) is 2.67. The summed E-state index contributed by atoms with van der Waals surface area (Å²) in [6.45, 7) is 2.98. The summed E-state index contributed by atoms with van der Waals surface area (Å²) >= 11 is 0. The molecular formula is C22H21N3. The minimum absolute atomic E-state index is 0.545. The molecule has 3 nitrogen and oxygen atoms in total. The summed E-state index contributed by atoms with van der Waals surface area (Å²) in [6.07, 6.45) is 0.987. The summed E-state index contributed by atoms with van der Waals surface area (Å²) in [6, 6.07) is 22.9. The van der Waals surface area contributed by atoms with E-state index in [-0.39, 0.29) is 0 Å². The molecule has 3 N–H and O–H groups in total. The molecule has 1 heterocycles. The number of nitrogens with one attached hydrogen (secondary N) is 1. The van der Waals surface area contributed by atoms with Crippen LogP contribution < -0.4 is 11.1 Å². The summed E-state index contributed by atoms with van der Waals surface area (Å²) in [4.78, 5) is 4.69. The first-order valence-electron chi connectivity index (χ1n) is 8.65. The Hall–Kier alpha value is -3.07. The van der Waals surface area contributed by atoms with Gasteiger partial charge in [0.05, 0.1) is 5.69 Å². The van der Waals surface area contributed by atoms with Gasteiger partial charge in [-0.25, -0.2) is 4.99 Å². The van der Waals surface area contributed by atoms with Crippen LogP contribution in [-0.2, 0) is 13.0 Å². The molecule has 1 aliphatic heterocycles. The number of anilines is 1. The molecule has 4 rings (SSSR count). The molecular weight excluding hydrogens is 306 g/mol. The van der Waals surface area contributed by atoms with Crippen LogP contribution in [0.25, 0.3) is 11.1 Å². The second-order valence-electron chi connectivity index (χ2n) is 6.26. The van der Waals surface area contributed by atoms with Crippen molar-refractivity contribution in [1.29, 1.82) is 0 Å². The molecule has 0 aliphatic carbocycles. The summed E-state index contributed by atoms with van der Waals surface area (Å²) < 4.78 is 0. The summed E-state index contributed by atoms with van der Waals surface area (Å²) in [5.74, 6) is 0.545. The molecule has 3 aromatic rings. The lowest BCUT2D eigenvalue weighted by atomic mass is 9.90. The van der Waals surface area contributed by atoms with Gasteiger partial charge in [0.1, 0.15) is 5.84 Å². The molecule has 0 radical (unpaired) electrons. The Labute approximate surface area is 148 Å². The van der Waals surface area contributed by atoms with Gasteiger partial charge in [-0.2, -0.15) is 0 Å². The van der Waals surface area contributed by atoms with Gasteiger partial charge in [-0.1, -0.05) is 55.5 Å². The third-order valence-electron chi connectivity index (χ3n) is 4.66. The van der Waals surface area contributed by atoms with Crippen molar-refractivity contribution in [3.63, 3.8) is 0 Å². The van der Waals surface area contributed by atoms with Crippen molar-refractivity contribution in [2.75, 3.05) is 5.32 Å². The molecule has 0 amide bonds. The Morgan fingerprint density at radius 2 is 1.88 bits per heavy atom. The number of nitrogens with zero attached hydrogens (tertiary/aromatic N) is 1.